The molecule has 0 fully saturated rings. The number of para-hydroxylation sites is 1. The first-order valence-corrected chi connectivity index (χ1v) is 7.18. The number of halogens is 2. The Balaban J connectivity index is 2.44. The molecule has 1 unspecified atom stereocenters. The Morgan fingerprint density at radius 1 is 1.14 bits per heavy atom. The fraction of sp³-hybridized carbons (Fsp3) is 0.250. The van der Waals surface area contributed by atoms with Crippen LogP contribution in [0.3, 0.4) is 0 Å². The van der Waals surface area contributed by atoms with Crippen molar-refractivity contribution in [3.05, 3.63) is 53.2 Å². The van der Waals surface area contributed by atoms with Crippen LogP contribution in [0.2, 0.25) is 0 Å². The molecule has 0 radical (unpaired) electrons. The zero-order chi connectivity index (χ0) is 15.1. The number of aromatic nitrogens is 3. The molecule has 3 nitrogen and oxygen atoms in total. The fourth-order valence-corrected chi connectivity index (χ4v) is 2.61. The molecule has 2 aromatic heterocycles. The zero-order valence-electron chi connectivity index (χ0n) is 12.1. The summed E-state index contributed by atoms with van der Waals surface area (Å²) in [6.07, 6.45) is 0. The maximum Gasteiger partial charge on any atom is 0.165 e. The summed E-state index contributed by atoms with van der Waals surface area (Å²) in [5.74, 6) is 0.286. The highest BCUT2D eigenvalue weighted by Gasteiger charge is 2.20. The quantitative estimate of drug-likeness (QED) is 0.654. The van der Waals surface area contributed by atoms with Crippen LogP contribution in [-0.2, 0) is 0 Å². The molecule has 0 aliphatic carbocycles. The van der Waals surface area contributed by atoms with Crippen molar-refractivity contribution in [1.82, 2.24) is 14.5 Å². The number of pyridine rings is 1. The molecule has 1 aromatic carbocycles. The highest BCUT2D eigenvalue weighted by Crippen LogP contribution is 2.30. The summed E-state index contributed by atoms with van der Waals surface area (Å²) in [6.45, 7) is 5.58. The van der Waals surface area contributed by atoms with Crippen LogP contribution in [0.5, 0.6) is 0 Å². The molecule has 0 amide bonds. The Labute approximate surface area is 127 Å². The van der Waals surface area contributed by atoms with Crippen molar-refractivity contribution in [2.24, 2.45) is 0 Å². The Kier molecular flexibility index (Phi) is 3.41. The number of aryl methyl sites for hydroxylation is 2. The van der Waals surface area contributed by atoms with Crippen LogP contribution >= 0.6 is 11.6 Å². The number of hydrogen-bond acceptors (Lipinski definition) is 2. The molecule has 0 aliphatic rings. The first kappa shape index (κ1) is 14.0. The van der Waals surface area contributed by atoms with Crippen LogP contribution in [0.1, 0.15) is 29.4 Å². The van der Waals surface area contributed by atoms with Crippen molar-refractivity contribution < 1.29 is 4.39 Å². The molecular formula is C16H15ClFN3. The van der Waals surface area contributed by atoms with E-state index >= 15 is 0 Å². The number of benzene rings is 1. The number of hydrogen-bond donors (Lipinski definition) is 0. The van der Waals surface area contributed by atoms with Gasteiger partial charge in [0.2, 0.25) is 0 Å². The SMILES string of the molecule is Cc1ccc2nc(C(C)Cl)n(-c3c(C)cccc3F)c2n1. The molecule has 108 valence electrons. The predicted molar refractivity (Wildman–Crippen MR) is 82.6 cm³/mol. The standard InChI is InChI=1S/C16H15ClFN3/c1-9-5-4-6-12(18)14(9)21-15(11(3)17)20-13-8-7-10(2)19-16(13)21/h4-8,11H,1-3H3. The number of fused-ring (bicyclic) bond motifs is 1. The van der Waals surface area contributed by atoms with Crippen LogP contribution in [0.4, 0.5) is 4.39 Å². The van der Waals surface area contributed by atoms with Crippen LogP contribution in [-0.4, -0.2) is 14.5 Å². The molecule has 0 saturated carbocycles. The van der Waals surface area contributed by atoms with Gasteiger partial charge in [-0.25, -0.2) is 14.4 Å². The maximum absolute atomic E-state index is 14.4. The molecule has 0 saturated heterocycles. The summed E-state index contributed by atoms with van der Waals surface area (Å²) < 4.78 is 16.1. The molecule has 2 heterocycles. The lowest BCUT2D eigenvalue weighted by atomic mass is 10.2. The van der Waals surface area contributed by atoms with Crippen molar-refractivity contribution in [2.75, 3.05) is 0 Å². The lowest BCUT2D eigenvalue weighted by Crippen LogP contribution is -2.07. The summed E-state index contributed by atoms with van der Waals surface area (Å²) in [7, 11) is 0. The largest absolute Gasteiger partial charge is 0.276 e. The van der Waals surface area contributed by atoms with Crippen LogP contribution in [0.25, 0.3) is 16.9 Å². The Morgan fingerprint density at radius 3 is 2.57 bits per heavy atom. The van der Waals surface area contributed by atoms with Crippen LogP contribution < -0.4 is 0 Å². The molecule has 0 aliphatic heterocycles. The highest BCUT2D eigenvalue weighted by molar-refractivity contribution is 6.20. The molecule has 5 heteroatoms. The van der Waals surface area contributed by atoms with Gasteiger partial charge in [0.25, 0.3) is 0 Å². The smallest absolute Gasteiger partial charge is 0.165 e. The minimum atomic E-state index is -0.349. The molecule has 0 N–H and O–H groups in total. The van der Waals surface area contributed by atoms with E-state index in [0.29, 0.717) is 22.7 Å². The van der Waals surface area contributed by atoms with E-state index in [9.17, 15) is 4.39 Å². The topological polar surface area (TPSA) is 30.7 Å². The third-order valence-electron chi connectivity index (χ3n) is 3.44. The monoisotopic (exact) mass is 303 g/mol. The van der Waals surface area contributed by atoms with Gasteiger partial charge in [0.1, 0.15) is 17.2 Å². The normalized spacial score (nSPS) is 12.8. The molecule has 3 aromatic rings. The summed E-state index contributed by atoms with van der Waals surface area (Å²) in [4.78, 5) is 9.03. The second kappa shape index (κ2) is 5.11. The van der Waals surface area contributed by atoms with Crippen molar-refractivity contribution in [3.8, 4) is 5.69 Å². The lowest BCUT2D eigenvalue weighted by Gasteiger charge is -2.13. The number of nitrogens with zero attached hydrogens (tertiary/aromatic N) is 3. The van der Waals surface area contributed by atoms with Gasteiger partial charge in [-0.1, -0.05) is 12.1 Å². The van der Waals surface area contributed by atoms with Gasteiger partial charge in [-0.05, 0) is 44.5 Å². The third-order valence-corrected chi connectivity index (χ3v) is 3.63. The Morgan fingerprint density at radius 2 is 1.90 bits per heavy atom. The minimum Gasteiger partial charge on any atom is -0.276 e. The van der Waals surface area contributed by atoms with E-state index in [1.807, 2.05) is 39.0 Å². The van der Waals surface area contributed by atoms with E-state index < -0.39 is 0 Å². The van der Waals surface area contributed by atoms with Crippen LogP contribution in [0, 0.1) is 19.7 Å². The third kappa shape index (κ3) is 2.29. The van der Waals surface area contributed by atoms with Gasteiger partial charge >= 0.3 is 0 Å². The van der Waals surface area contributed by atoms with E-state index in [2.05, 4.69) is 9.97 Å². The first-order valence-electron chi connectivity index (χ1n) is 6.74. The van der Waals surface area contributed by atoms with Gasteiger partial charge in [-0.2, -0.15) is 0 Å². The number of rotatable bonds is 2. The van der Waals surface area contributed by atoms with Gasteiger partial charge in [0.05, 0.1) is 11.1 Å². The average molecular weight is 304 g/mol. The second-order valence-electron chi connectivity index (χ2n) is 5.12. The Bertz CT molecular complexity index is 803. The van der Waals surface area contributed by atoms with Gasteiger partial charge in [0, 0.05) is 5.69 Å². The highest BCUT2D eigenvalue weighted by atomic mass is 35.5. The lowest BCUT2D eigenvalue weighted by molar-refractivity contribution is 0.614. The second-order valence-corrected chi connectivity index (χ2v) is 5.78. The molecule has 21 heavy (non-hydrogen) atoms. The maximum atomic E-state index is 14.4. The molecule has 0 spiro atoms. The zero-order valence-corrected chi connectivity index (χ0v) is 12.8. The molecule has 3 rings (SSSR count). The molecular weight excluding hydrogens is 289 g/mol. The van der Waals surface area contributed by atoms with Gasteiger partial charge in [0.15, 0.2) is 5.65 Å². The van der Waals surface area contributed by atoms with Crippen molar-refractivity contribution in [1.29, 1.82) is 0 Å². The predicted octanol–water partition coefficient (Wildman–Crippen LogP) is 4.48. The van der Waals surface area contributed by atoms with Crippen molar-refractivity contribution in [2.45, 2.75) is 26.1 Å². The van der Waals surface area contributed by atoms with E-state index in [1.165, 1.54) is 6.07 Å². The summed E-state index contributed by atoms with van der Waals surface area (Å²) >= 11 is 6.24. The summed E-state index contributed by atoms with van der Waals surface area (Å²) in [5.41, 5.74) is 3.47. The number of alkyl halides is 1. The first-order chi connectivity index (χ1) is 9.99. The average Bonchev–Trinajstić information content (AvgIpc) is 2.78. The van der Waals surface area contributed by atoms with Gasteiger partial charge in [-0.3, -0.25) is 4.57 Å². The molecule has 1 atom stereocenters. The Hall–Kier alpha value is -1.94. The molecule has 0 bridgehead atoms. The van der Waals surface area contributed by atoms with E-state index in [0.717, 1.165) is 11.3 Å². The van der Waals surface area contributed by atoms with Gasteiger partial charge < -0.3 is 0 Å². The summed E-state index contributed by atoms with van der Waals surface area (Å²) in [5, 5.41) is -0.349. The van der Waals surface area contributed by atoms with E-state index in [-0.39, 0.29) is 11.2 Å². The van der Waals surface area contributed by atoms with Crippen molar-refractivity contribution >= 4 is 22.8 Å². The fourth-order valence-electron chi connectivity index (χ4n) is 2.46. The summed E-state index contributed by atoms with van der Waals surface area (Å²) in [6, 6.07) is 8.76. The minimum absolute atomic E-state index is 0.309. The van der Waals surface area contributed by atoms with E-state index in [1.54, 1.807) is 10.6 Å². The van der Waals surface area contributed by atoms with E-state index in [4.69, 9.17) is 11.6 Å². The number of imidazole rings is 1. The van der Waals surface area contributed by atoms with Gasteiger partial charge in [-0.15, -0.1) is 11.6 Å². The van der Waals surface area contributed by atoms with Crippen LogP contribution in [0.15, 0.2) is 30.3 Å². The van der Waals surface area contributed by atoms with Crippen molar-refractivity contribution in [3.63, 3.8) is 0 Å².